The molecule has 0 aromatic heterocycles. The molecule has 2 rings (SSSR count). The summed E-state index contributed by atoms with van der Waals surface area (Å²) in [5.74, 6) is 0. The van der Waals surface area contributed by atoms with Gasteiger partial charge in [0.1, 0.15) is 0 Å². The van der Waals surface area contributed by atoms with Crippen molar-refractivity contribution in [2.24, 2.45) is 0 Å². The van der Waals surface area contributed by atoms with Crippen LogP contribution < -0.4 is 4.90 Å². The molecule has 1 atom stereocenters. The second-order valence-corrected chi connectivity index (χ2v) is 4.56. The van der Waals surface area contributed by atoms with Crippen molar-refractivity contribution in [3.05, 3.63) is 28.2 Å². The van der Waals surface area contributed by atoms with Gasteiger partial charge < -0.3 is 14.7 Å². The molecule has 16 heavy (non-hydrogen) atoms. The molecule has 1 aliphatic heterocycles. The molecule has 3 nitrogen and oxygen atoms in total. The van der Waals surface area contributed by atoms with E-state index in [2.05, 4.69) is 4.90 Å². The van der Waals surface area contributed by atoms with Gasteiger partial charge in [0.05, 0.1) is 30.0 Å². The van der Waals surface area contributed by atoms with Crippen LogP contribution in [-0.2, 0) is 4.74 Å². The Balaban J connectivity index is 2.16. The number of aliphatic hydroxyl groups is 1. The SMILES string of the molecule is OCC1CN(c2ccc(Cl)cc2Cl)CCO1. The van der Waals surface area contributed by atoms with Gasteiger partial charge in [-0.05, 0) is 18.2 Å². The maximum Gasteiger partial charge on any atom is 0.0980 e. The monoisotopic (exact) mass is 261 g/mol. The predicted molar refractivity (Wildman–Crippen MR) is 65.5 cm³/mol. The fourth-order valence-corrected chi connectivity index (χ4v) is 2.31. The van der Waals surface area contributed by atoms with Gasteiger partial charge in [0.25, 0.3) is 0 Å². The van der Waals surface area contributed by atoms with Crippen LogP contribution in [0.1, 0.15) is 0 Å². The van der Waals surface area contributed by atoms with Gasteiger partial charge in [-0.25, -0.2) is 0 Å². The Morgan fingerprint density at radius 3 is 2.94 bits per heavy atom. The predicted octanol–water partition coefficient (Wildman–Crippen LogP) is 2.19. The van der Waals surface area contributed by atoms with E-state index in [4.69, 9.17) is 33.0 Å². The molecular formula is C11H13Cl2NO2. The van der Waals surface area contributed by atoms with Crippen LogP contribution in [0.5, 0.6) is 0 Å². The summed E-state index contributed by atoms with van der Waals surface area (Å²) in [7, 11) is 0. The Labute approximate surface area is 105 Å². The second-order valence-electron chi connectivity index (χ2n) is 3.72. The lowest BCUT2D eigenvalue weighted by Gasteiger charge is -2.34. The fourth-order valence-electron chi connectivity index (χ4n) is 1.79. The topological polar surface area (TPSA) is 32.7 Å². The molecule has 1 aliphatic rings. The Morgan fingerprint density at radius 2 is 2.25 bits per heavy atom. The average molecular weight is 262 g/mol. The van der Waals surface area contributed by atoms with Crippen LogP contribution in [0.3, 0.4) is 0 Å². The molecule has 0 radical (unpaired) electrons. The number of hydrogen-bond acceptors (Lipinski definition) is 3. The van der Waals surface area contributed by atoms with Gasteiger partial charge in [0.15, 0.2) is 0 Å². The first-order valence-electron chi connectivity index (χ1n) is 5.13. The first-order chi connectivity index (χ1) is 7.70. The second kappa shape index (κ2) is 5.23. The molecule has 0 spiro atoms. The van der Waals surface area contributed by atoms with Crippen LogP contribution >= 0.6 is 23.2 Å². The minimum absolute atomic E-state index is 0.0295. The summed E-state index contributed by atoms with van der Waals surface area (Å²) in [6.07, 6.45) is -0.138. The van der Waals surface area contributed by atoms with Gasteiger partial charge in [0.2, 0.25) is 0 Å². The first kappa shape index (κ1) is 12.0. The minimum Gasteiger partial charge on any atom is -0.394 e. The van der Waals surface area contributed by atoms with Crippen molar-refractivity contribution in [2.75, 3.05) is 31.2 Å². The van der Waals surface area contributed by atoms with Crippen LogP contribution in [0.15, 0.2) is 18.2 Å². The third-order valence-corrected chi connectivity index (χ3v) is 3.13. The summed E-state index contributed by atoms with van der Waals surface area (Å²) in [6.45, 7) is 2.06. The van der Waals surface area contributed by atoms with E-state index in [0.717, 1.165) is 12.2 Å². The van der Waals surface area contributed by atoms with Crippen molar-refractivity contribution in [1.29, 1.82) is 0 Å². The van der Waals surface area contributed by atoms with E-state index in [-0.39, 0.29) is 12.7 Å². The Morgan fingerprint density at radius 1 is 1.44 bits per heavy atom. The number of morpholine rings is 1. The van der Waals surface area contributed by atoms with E-state index in [9.17, 15) is 0 Å². The van der Waals surface area contributed by atoms with Crippen molar-refractivity contribution < 1.29 is 9.84 Å². The Bertz CT molecular complexity index is 373. The van der Waals surface area contributed by atoms with Gasteiger partial charge in [-0.3, -0.25) is 0 Å². The van der Waals surface area contributed by atoms with Gasteiger partial charge >= 0.3 is 0 Å². The van der Waals surface area contributed by atoms with Crippen LogP contribution in [0, 0.1) is 0 Å². The number of aliphatic hydroxyl groups excluding tert-OH is 1. The molecule has 1 aromatic rings. The zero-order valence-corrected chi connectivity index (χ0v) is 10.2. The van der Waals surface area contributed by atoms with Gasteiger partial charge in [0, 0.05) is 18.1 Å². The molecule has 0 aliphatic carbocycles. The zero-order valence-electron chi connectivity index (χ0n) is 8.70. The van der Waals surface area contributed by atoms with Crippen LogP contribution in [0.4, 0.5) is 5.69 Å². The number of anilines is 1. The third kappa shape index (κ3) is 2.61. The highest BCUT2D eigenvalue weighted by Gasteiger charge is 2.21. The normalized spacial score (nSPS) is 21.2. The number of ether oxygens (including phenoxy) is 1. The van der Waals surface area contributed by atoms with E-state index < -0.39 is 0 Å². The van der Waals surface area contributed by atoms with Crippen LogP contribution in [0.2, 0.25) is 10.0 Å². The quantitative estimate of drug-likeness (QED) is 0.886. The minimum atomic E-state index is -0.138. The number of nitrogens with zero attached hydrogens (tertiary/aromatic N) is 1. The van der Waals surface area contributed by atoms with Crippen molar-refractivity contribution in [3.8, 4) is 0 Å². The molecule has 1 heterocycles. The largest absolute Gasteiger partial charge is 0.394 e. The van der Waals surface area contributed by atoms with Crippen molar-refractivity contribution in [3.63, 3.8) is 0 Å². The number of rotatable bonds is 2. The van der Waals surface area contributed by atoms with Crippen molar-refractivity contribution in [2.45, 2.75) is 6.10 Å². The highest BCUT2D eigenvalue weighted by molar-refractivity contribution is 6.36. The lowest BCUT2D eigenvalue weighted by Crippen LogP contribution is -2.44. The van der Waals surface area contributed by atoms with E-state index in [1.54, 1.807) is 6.07 Å². The molecule has 88 valence electrons. The lowest BCUT2D eigenvalue weighted by atomic mass is 10.2. The molecule has 5 heteroatoms. The Hall–Kier alpha value is -0.480. The molecule has 0 amide bonds. The summed E-state index contributed by atoms with van der Waals surface area (Å²) in [4.78, 5) is 2.10. The summed E-state index contributed by atoms with van der Waals surface area (Å²) in [5.41, 5.74) is 0.938. The van der Waals surface area contributed by atoms with Gasteiger partial charge in [-0.15, -0.1) is 0 Å². The molecular weight excluding hydrogens is 249 g/mol. The molecule has 1 N–H and O–H groups in total. The molecule has 1 aromatic carbocycles. The van der Waals surface area contributed by atoms with Gasteiger partial charge in [-0.1, -0.05) is 23.2 Å². The van der Waals surface area contributed by atoms with E-state index in [0.29, 0.717) is 23.2 Å². The summed E-state index contributed by atoms with van der Waals surface area (Å²) in [6, 6.07) is 5.43. The Kier molecular flexibility index (Phi) is 3.92. The average Bonchev–Trinajstić information content (AvgIpc) is 2.29. The fraction of sp³-hybridized carbons (Fsp3) is 0.455. The molecule has 0 saturated carbocycles. The molecule has 1 fully saturated rings. The summed E-state index contributed by atoms with van der Waals surface area (Å²) >= 11 is 12.0. The lowest BCUT2D eigenvalue weighted by molar-refractivity contribution is 0.00357. The first-order valence-corrected chi connectivity index (χ1v) is 5.89. The summed E-state index contributed by atoms with van der Waals surface area (Å²) in [5, 5.41) is 10.3. The van der Waals surface area contributed by atoms with E-state index >= 15 is 0 Å². The zero-order chi connectivity index (χ0) is 11.5. The standard InChI is InChI=1S/C11H13Cl2NO2/c12-8-1-2-11(10(13)5-8)14-3-4-16-9(6-14)7-15/h1-2,5,9,15H,3-4,6-7H2. The molecule has 0 bridgehead atoms. The van der Waals surface area contributed by atoms with E-state index in [1.807, 2.05) is 12.1 Å². The van der Waals surface area contributed by atoms with Crippen molar-refractivity contribution in [1.82, 2.24) is 0 Å². The van der Waals surface area contributed by atoms with Crippen LogP contribution in [0.25, 0.3) is 0 Å². The molecule has 1 unspecified atom stereocenters. The molecule has 1 saturated heterocycles. The maximum atomic E-state index is 9.06. The van der Waals surface area contributed by atoms with Crippen molar-refractivity contribution >= 4 is 28.9 Å². The number of hydrogen-bond donors (Lipinski definition) is 1. The maximum absolute atomic E-state index is 9.06. The van der Waals surface area contributed by atoms with Crippen LogP contribution in [-0.4, -0.2) is 37.5 Å². The number of benzene rings is 1. The highest BCUT2D eigenvalue weighted by atomic mass is 35.5. The van der Waals surface area contributed by atoms with E-state index in [1.165, 1.54) is 0 Å². The number of halogens is 2. The summed E-state index contributed by atoms with van der Waals surface area (Å²) < 4.78 is 5.38. The van der Waals surface area contributed by atoms with Gasteiger partial charge in [-0.2, -0.15) is 0 Å². The smallest absolute Gasteiger partial charge is 0.0980 e. The highest BCUT2D eigenvalue weighted by Crippen LogP contribution is 2.29. The third-order valence-electron chi connectivity index (χ3n) is 2.59.